The summed E-state index contributed by atoms with van der Waals surface area (Å²) in [4.78, 5) is 2.58. The summed E-state index contributed by atoms with van der Waals surface area (Å²) in [5.41, 5.74) is 3.66. The van der Waals surface area contributed by atoms with Crippen molar-refractivity contribution in [1.29, 1.82) is 0 Å². The lowest BCUT2D eigenvalue weighted by Crippen LogP contribution is -2.36. The minimum absolute atomic E-state index is 0.182. The van der Waals surface area contributed by atoms with Gasteiger partial charge in [-0.05, 0) is 98.6 Å². The van der Waals surface area contributed by atoms with Gasteiger partial charge in [-0.15, -0.1) is 0 Å². The molecule has 0 atom stereocenters. The average Bonchev–Trinajstić information content (AvgIpc) is 2.81. The summed E-state index contributed by atoms with van der Waals surface area (Å²) >= 11 is 0. The molecule has 1 aliphatic rings. The van der Waals surface area contributed by atoms with E-state index in [2.05, 4.69) is 35.2 Å². The maximum absolute atomic E-state index is 13.5. The molecular weight excluding hydrogens is 388 g/mol. The zero-order chi connectivity index (χ0) is 21.5. The van der Waals surface area contributed by atoms with Crippen LogP contribution in [0.3, 0.4) is 0 Å². The first kappa shape index (κ1) is 21.7. The molecule has 3 aromatic rings. The Morgan fingerprint density at radius 3 is 1.81 bits per heavy atom. The molecule has 0 radical (unpaired) electrons. The molecule has 0 aromatic heterocycles. The Kier molecular flexibility index (Phi) is 7.48. The topological polar surface area (TPSA) is 3.24 Å². The lowest BCUT2D eigenvalue weighted by atomic mass is 9.76. The minimum Gasteiger partial charge on any atom is -0.303 e. The van der Waals surface area contributed by atoms with Gasteiger partial charge in [-0.1, -0.05) is 54.6 Å². The van der Waals surface area contributed by atoms with Crippen LogP contribution in [0.25, 0.3) is 0 Å². The van der Waals surface area contributed by atoms with E-state index < -0.39 is 0 Å². The van der Waals surface area contributed by atoms with Crippen LogP contribution in [0.4, 0.5) is 8.78 Å². The molecule has 3 heteroatoms. The summed E-state index contributed by atoms with van der Waals surface area (Å²) in [6, 6.07) is 24.4. The number of likely N-dealkylation sites (tertiary alicyclic amines) is 1. The van der Waals surface area contributed by atoms with E-state index in [1.54, 1.807) is 0 Å². The summed E-state index contributed by atoms with van der Waals surface area (Å²) in [7, 11) is 0. The molecule has 1 fully saturated rings. The second kappa shape index (κ2) is 10.7. The van der Waals surface area contributed by atoms with Crippen LogP contribution in [0.5, 0.6) is 0 Å². The molecule has 0 spiro atoms. The van der Waals surface area contributed by atoms with Gasteiger partial charge in [0.1, 0.15) is 11.6 Å². The highest BCUT2D eigenvalue weighted by Crippen LogP contribution is 2.38. The fourth-order valence-corrected chi connectivity index (χ4v) is 4.90. The van der Waals surface area contributed by atoms with Crippen LogP contribution >= 0.6 is 0 Å². The zero-order valence-corrected chi connectivity index (χ0v) is 18.0. The number of rotatable bonds is 8. The van der Waals surface area contributed by atoms with Crippen LogP contribution in [0.2, 0.25) is 0 Å². The van der Waals surface area contributed by atoms with Gasteiger partial charge in [0.05, 0.1) is 0 Å². The standard InChI is InChI=1S/C28H31F2N/c29-26-13-9-23(10-14-26)28(24-11-15-27(30)16-12-24)25-17-20-31(21-18-25)19-5-4-8-22-6-2-1-3-7-22/h1-3,6-7,9-16,25,28H,4-5,8,17-21H2. The summed E-state index contributed by atoms with van der Waals surface area (Å²) in [5, 5.41) is 0. The smallest absolute Gasteiger partial charge is 0.123 e. The van der Waals surface area contributed by atoms with E-state index in [1.807, 2.05) is 24.3 Å². The number of hydrogen-bond donors (Lipinski definition) is 0. The third-order valence-electron chi connectivity index (χ3n) is 6.59. The predicted molar refractivity (Wildman–Crippen MR) is 123 cm³/mol. The van der Waals surface area contributed by atoms with Crippen molar-refractivity contribution in [1.82, 2.24) is 4.90 Å². The molecule has 0 aliphatic carbocycles. The molecule has 162 valence electrons. The number of hydrogen-bond acceptors (Lipinski definition) is 1. The molecular formula is C28H31F2N. The van der Waals surface area contributed by atoms with Gasteiger partial charge in [0.15, 0.2) is 0 Å². The minimum atomic E-state index is -0.216. The quantitative estimate of drug-likeness (QED) is 0.362. The zero-order valence-electron chi connectivity index (χ0n) is 18.0. The van der Waals surface area contributed by atoms with Crippen molar-refractivity contribution in [3.05, 3.63) is 107 Å². The van der Waals surface area contributed by atoms with E-state index in [9.17, 15) is 8.78 Å². The summed E-state index contributed by atoms with van der Waals surface area (Å²) < 4.78 is 27.0. The first-order chi connectivity index (χ1) is 15.2. The maximum atomic E-state index is 13.5. The summed E-state index contributed by atoms with van der Waals surface area (Å²) in [6.07, 6.45) is 5.81. The fourth-order valence-electron chi connectivity index (χ4n) is 4.90. The van der Waals surface area contributed by atoms with Crippen LogP contribution in [0, 0.1) is 17.6 Å². The van der Waals surface area contributed by atoms with Gasteiger partial charge in [-0.2, -0.15) is 0 Å². The Hall–Kier alpha value is -2.52. The molecule has 3 aromatic carbocycles. The highest BCUT2D eigenvalue weighted by atomic mass is 19.1. The van der Waals surface area contributed by atoms with Crippen LogP contribution in [0.1, 0.15) is 48.3 Å². The molecule has 1 aliphatic heterocycles. The molecule has 1 nitrogen and oxygen atoms in total. The van der Waals surface area contributed by atoms with Gasteiger partial charge in [0, 0.05) is 5.92 Å². The molecule has 4 rings (SSSR count). The Labute approximate surface area is 184 Å². The van der Waals surface area contributed by atoms with E-state index in [0.717, 1.165) is 50.0 Å². The van der Waals surface area contributed by atoms with Crippen LogP contribution in [0.15, 0.2) is 78.9 Å². The van der Waals surface area contributed by atoms with Crippen molar-refractivity contribution in [3.8, 4) is 0 Å². The van der Waals surface area contributed by atoms with Crippen LogP contribution in [-0.4, -0.2) is 24.5 Å². The highest BCUT2D eigenvalue weighted by Gasteiger charge is 2.28. The second-order valence-corrected chi connectivity index (χ2v) is 8.70. The number of halogens is 2. The molecule has 31 heavy (non-hydrogen) atoms. The number of unbranched alkanes of at least 4 members (excludes halogenated alkanes) is 1. The Bertz CT molecular complexity index is 868. The van der Waals surface area contributed by atoms with Crippen molar-refractivity contribution in [2.24, 2.45) is 5.92 Å². The van der Waals surface area contributed by atoms with Crippen molar-refractivity contribution < 1.29 is 8.78 Å². The van der Waals surface area contributed by atoms with E-state index in [4.69, 9.17) is 0 Å². The third kappa shape index (κ3) is 6.01. The number of benzene rings is 3. The molecule has 0 unspecified atom stereocenters. The lowest BCUT2D eigenvalue weighted by molar-refractivity contribution is 0.172. The molecule has 1 heterocycles. The van der Waals surface area contributed by atoms with Crippen molar-refractivity contribution in [2.45, 2.75) is 38.0 Å². The van der Waals surface area contributed by atoms with Crippen LogP contribution < -0.4 is 0 Å². The Morgan fingerprint density at radius 2 is 1.26 bits per heavy atom. The fraction of sp³-hybridized carbons (Fsp3) is 0.357. The van der Waals surface area contributed by atoms with E-state index in [0.29, 0.717) is 5.92 Å². The Balaban J connectivity index is 1.34. The van der Waals surface area contributed by atoms with Crippen molar-refractivity contribution >= 4 is 0 Å². The SMILES string of the molecule is Fc1ccc(C(c2ccc(F)cc2)C2CCN(CCCCc3ccccc3)CC2)cc1. The highest BCUT2D eigenvalue weighted by molar-refractivity contribution is 5.34. The number of piperidine rings is 1. The van der Waals surface area contributed by atoms with Gasteiger partial charge in [-0.25, -0.2) is 8.78 Å². The first-order valence-electron chi connectivity index (χ1n) is 11.5. The van der Waals surface area contributed by atoms with Crippen LogP contribution in [-0.2, 0) is 6.42 Å². The summed E-state index contributed by atoms with van der Waals surface area (Å²) in [5.74, 6) is 0.233. The monoisotopic (exact) mass is 419 g/mol. The normalized spacial score (nSPS) is 15.5. The number of aryl methyl sites for hydroxylation is 1. The maximum Gasteiger partial charge on any atom is 0.123 e. The second-order valence-electron chi connectivity index (χ2n) is 8.70. The third-order valence-corrected chi connectivity index (χ3v) is 6.59. The molecule has 0 bridgehead atoms. The molecule has 0 N–H and O–H groups in total. The van der Waals surface area contributed by atoms with E-state index >= 15 is 0 Å². The first-order valence-corrected chi connectivity index (χ1v) is 11.5. The number of nitrogens with zero attached hydrogens (tertiary/aromatic N) is 1. The Morgan fingerprint density at radius 1 is 0.710 bits per heavy atom. The van der Waals surface area contributed by atoms with Gasteiger partial charge in [0.2, 0.25) is 0 Å². The van der Waals surface area contributed by atoms with Gasteiger partial charge < -0.3 is 4.90 Å². The molecule has 0 saturated carbocycles. The van der Waals surface area contributed by atoms with Crippen molar-refractivity contribution in [3.63, 3.8) is 0 Å². The van der Waals surface area contributed by atoms with Gasteiger partial charge >= 0.3 is 0 Å². The molecule has 0 amide bonds. The summed E-state index contributed by atoms with van der Waals surface area (Å²) in [6.45, 7) is 3.33. The van der Waals surface area contributed by atoms with E-state index in [-0.39, 0.29) is 17.6 Å². The van der Waals surface area contributed by atoms with Gasteiger partial charge in [0.25, 0.3) is 0 Å². The van der Waals surface area contributed by atoms with E-state index in [1.165, 1.54) is 42.7 Å². The largest absolute Gasteiger partial charge is 0.303 e. The lowest BCUT2D eigenvalue weighted by Gasteiger charge is -2.36. The average molecular weight is 420 g/mol. The van der Waals surface area contributed by atoms with Crippen molar-refractivity contribution in [2.75, 3.05) is 19.6 Å². The molecule has 1 saturated heterocycles. The predicted octanol–water partition coefficient (Wildman–Crippen LogP) is 6.83. The van der Waals surface area contributed by atoms with Gasteiger partial charge in [-0.3, -0.25) is 0 Å².